The lowest BCUT2D eigenvalue weighted by Gasteiger charge is -2.35. The van der Waals surface area contributed by atoms with Gasteiger partial charge >= 0.3 is 12.1 Å². The third-order valence-electron chi connectivity index (χ3n) is 9.08. The zero-order chi connectivity index (χ0) is 36.1. The number of urea groups is 1. The first-order chi connectivity index (χ1) is 24.5. The molecule has 2 aliphatic heterocycles. The van der Waals surface area contributed by atoms with Gasteiger partial charge in [0.05, 0.1) is 18.3 Å². The Morgan fingerprint density at radius 2 is 1.71 bits per heavy atom. The Morgan fingerprint density at radius 1 is 0.980 bits per heavy atom. The molecule has 4 heterocycles. The first-order valence-corrected chi connectivity index (χ1v) is 17.2. The molecule has 270 valence electrons. The molecule has 0 radical (unpaired) electrons. The Balaban J connectivity index is 1.19. The minimum Gasteiger partial charge on any atom is -0.444 e. The van der Waals surface area contributed by atoms with E-state index in [0.29, 0.717) is 75.4 Å². The monoisotopic (exact) mass is 699 g/mol. The molecule has 2 aromatic carbocycles. The smallest absolute Gasteiger partial charge is 0.410 e. The molecule has 2 fully saturated rings. The molecule has 3 amide bonds. The number of ether oxygens (including phenoxy) is 2. The zero-order valence-electron chi connectivity index (χ0n) is 29.8. The van der Waals surface area contributed by atoms with Crippen LogP contribution in [0.1, 0.15) is 37.8 Å². The number of benzene rings is 2. The first-order valence-electron chi connectivity index (χ1n) is 17.2. The molecule has 2 saturated heterocycles. The molecule has 51 heavy (non-hydrogen) atoms. The van der Waals surface area contributed by atoms with Crippen molar-refractivity contribution >= 4 is 23.9 Å². The van der Waals surface area contributed by atoms with E-state index in [9.17, 15) is 14.0 Å². The van der Waals surface area contributed by atoms with Crippen molar-refractivity contribution in [2.45, 2.75) is 45.3 Å². The summed E-state index contributed by atoms with van der Waals surface area (Å²) < 4.78 is 26.7. The second-order valence-electron chi connectivity index (χ2n) is 13.9. The summed E-state index contributed by atoms with van der Waals surface area (Å²) in [4.78, 5) is 41.5. The number of piperazine rings is 1. The van der Waals surface area contributed by atoms with Crippen molar-refractivity contribution in [1.82, 2.24) is 34.9 Å². The summed E-state index contributed by atoms with van der Waals surface area (Å²) in [5.74, 6) is 0.658. The number of likely N-dealkylation sites (tertiary alicyclic amines) is 1. The number of nitrogens with one attached hydrogen (secondary N) is 2. The van der Waals surface area contributed by atoms with Gasteiger partial charge in [-0.25, -0.2) is 28.6 Å². The standard InChI is InChI=1S/C37H46FN9O4/c1-25-32(27-21-39-34(40-22-27)45-14-16-46(17-15-45)36(49)51-37(2,3)4)43-47(29-12-7-6-8-13-29)33(25)42-35(48)41-31-24-44(18-19-50-5)23-30(31)26-10-9-11-28(38)20-26/h6-13,20-22,30-31H,14-19,23-24H2,1-5H3,(H2,41,42,48)/t30-,31+/m0/s1. The van der Waals surface area contributed by atoms with Crippen LogP contribution in [-0.4, -0.2) is 113 Å². The van der Waals surface area contributed by atoms with Crippen molar-refractivity contribution < 1.29 is 23.5 Å². The van der Waals surface area contributed by atoms with Crippen LogP contribution in [0.15, 0.2) is 67.0 Å². The second-order valence-corrected chi connectivity index (χ2v) is 13.9. The topological polar surface area (TPSA) is 130 Å². The number of aromatic nitrogens is 4. The van der Waals surface area contributed by atoms with E-state index in [2.05, 4.69) is 25.5 Å². The van der Waals surface area contributed by atoms with E-state index in [1.165, 1.54) is 12.1 Å². The van der Waals surface area contributed by atoms with Gasteiger partial charge in [0.1, 0.15) is 22.9 Å². The predicted molar refractivity (Wildman–Crippen MR) is 193 cm³/mol. The number of hydrogen-bond acceptors (Lipinski definition) is 9. The maximum absolute atomic E-state index is 14.2. The second kappa shape index (κ2) is 15.4. The van der Waals surface area contributed by atoms with Crippen molar-refractivity contribution in [3.63, 3.8) is 0 Å². The Hall–Kier alpha value is -5.08. The molecule has 14 heteroatoms. The highest BCUT2D eigenvalue weighted by atomic mass is 19.1. The molecule has 2 aromatic heterocycles. The van der Waals surface area contributed by atoms with Crippen LogP contribution in [0.2, 0.25) is 0 Å². The zero-order valence-corrected chi connectivity index (χ0v) is 29.8. The van der Waals surface area contributed by atoms with Gasteiger partial charge < -0.3 is 24.6 Å². The minimum atomic E-state index is -0.548. The molecular weight excluding hydrogens is 653 g/mol. The van der Waals surface area contributed by atoms with Crippen LogP contribution >= 0.6 is 0 Å². The number of para-hydroxylation sites is 1. The Kier molecular flexibility index (Phi) is 10.8. The number of anilines is 2. The fourth-order valence-electron chi connectivity index (χ4n) is 6.52. The average molecular weight is 700 g/mol. The number of halogens is 1. The number of amides is 3. The Morgan fingerprint density at radius 3 is 2.37 bits per heavy atom. The summed E-state index contributed by atoms with van der Waals surface area (Å²) in [5.41, 5.74) is 3.12. The van der Waals surface area contributed by atoms with E-state index in [4.69, 9.17) is 14.6 Å². The van der Waals surface area contributed by atoms with Gasteiger partial charge in [0.25, 0.3) is 0 Å². The highest BCUT2D eigenvalue weighted by molar-refractivity contribution is 5.91. The maximum Gasteiger partial charge on any atom is 0.410 e. The largest absolute Gasteiger partial charge is 0.444 e. The summed E-state index contributed by atoms with van der Waals surface area (Å²) in [6.07, 6.45) is 3.14. The number of carbonyl (C=O) groups excluding carboxylic acids is 2. The van der Waals surface area contributed by atoms with Crippen molar-refractivity contribution in [3.05, 3.63) is 83.9 Å². The molecule has 6 rings (SSSR count). The van der Waals surface area contributed by atoms with Gasteiger partial charge in [-0.1, -0.05) is 30.3 Å². The molecule has 0 aliphatic carbocycles. The quantitative estimate of drug-likeness (QED) is 0.246. The number of hydrogen-bond donors (Lipinski definition) is 2. The van der Waals surface area contributed by atoms with Gasteiger partial charge in [-0.2, -0.15) is 5.10 Å². The van der Waals surface area contributed by atoms with E-state index in [1.54, 1.807) is 35.2 Å². The molecule has 13 nitrogen and oxygen atoms in total. The van der Waals surface area contributed by atoms with E-state index < -0.39 is 5.60 Å². The van der Waals surface area contributed by atoms with Gasteiger partial charge in [0.2, 0.25) is 5.95 Å². The molecule has 2 N–H and O–H groups in total. The van der Waals surface area contributed by atoms with Crippen LogP contribution < -0.4 is 15.5 Å². The normalized spacial score (nSPS) is 18.2. The summed E-state index contributed by atoms with van der Waals surface area (Å²) in [5, 5.41) is 11.1. The summed E-state index contributed by atoms with van der Waals surface area (Å²) in [6.45, 7) is 12.2. The number of methoxy groups -OCH3 is 1. The fraction of sp³-hybridized carbons (Fsp3) is 0.432. The lowest BCUT2D eigenvalue weighted by molar-refractivity contribution is 0.0240. The highest BCUT2D eigenvalue weighted by Crippen LogP contribution is 2.32. The minimum absolute atomic E-state index is 0.102. The van der Waals surface area contributed by atoms with Gasteiger partial charge in [0, 0.05) is 82.4 Å². The van der Waals surface area contributed by atoms with E-state index in [1.807, 2.05) is 69.0 Å². The summed E-state index contributed by atoms with van der Waals surface area (Å²) >= 11 is 0. The van der Waals surface area contributed by atoms with Crippen LogP contribution in [0.25, 0.3) is 16.9 Å². The lowest BCUT2D eigenvalue weighted by Crippen LogP contribution is -2.50. The van der Waals surface area contributed by atoms with Crippen LogP contribution in [0, 0.1) is 12.7 Å². The molecule has 0 unspecified atom stereocenters. The van der Waals surface area contributed by atoms with E-state index in [0.717, 1.165) is 16.8 Å². The van der Waals surface area contributed by atoms with E-state index >= 15 is 0 Å². The summed E-state index contributed by atoms with van der Waals surface area (Å²) in [6, 6.07) is 15.5. The lowest BCUT2D eigenvalue weighted by atomic mass is 9.94. The third kappa shape index (κ3) is 8.63. The molecular formula is C37H46FN9O4. The van der Waals surface area contributed by atoms with Crippen molar-refractivity contribution in [2.24, 2.45) is 0 Å². The fourth-order valence-corrected chi connectivity index (χ4v) is 6.52. The molecule has 4 aromatic rings. The summed E-state index contributed by atoms with van der Waals surface area (Å²) in [7, 11) is 1.66. The number of nitrogens with zero attached hydrogens (tertiary/aromatic N) is 7. The average Bonchev–Trinajstić information content (AvgIpc) is 3.67. The van der Waals surface area contributed by atoms with Crippen LogP contribution in [0.5, 0.6) is 0 Å². The van der Waals surface area contributed by atoms with Crippen molar-refractivity contribution in [3.8, 4) is 16.9 Å². The van der Waals surface area contributed by atoms with Gasteiger partial charge in [-0.05, 0) is 57.5 Å². The highest BCUT2D eigenvalue weighted by Gasteiger charge is 2.35. The Bertz CT molecular complexity index is 1800. The SMILES string of the molecule is COCCN1C[C@@H](NC(=O)Nc2c(C)c(-c3cnc(N4CCN(C(=O)OC(C)(C)C)CC4)nc3)nn2-c2ccccc2)[C@H](c2cccc(F)c2)C1. The predicted octanol–water partition coefficient (Wildman–Crippen LogP) is 5.07. The van der Waals surface area contributed by atoms with Gasteiger partial charge in [-0.3, -0.25) is 10.2 Å². The van der Waals surface area contributed by atoms with Gasteiger partial charge in [0.15, 0.2) is 0 Å². The first kappa shape index (κ1) is 35.7. The molecule has 2 aliphatic rings. The number of carbonyl (C=O) groups is 2. The van der Waals surface area contributed by atoms with Crippen molar-refractivity contribution in [1.29, 1.82) is 0 Å². The molecule has 0 bridgehead atoms. The van der Waals surface area contributed by atoms with Crippen molar-refractivity contribution in [2.75, 3.05) is 69.7 Å². The molecule has 0 spiro atoms. The maximum atomic E-state index is 14.2. The van der Waals surface area contributed by atoms with Crippen LogP contribution in [-0.2, 0) is 9.47 Å². The van der Waals surface area contributed by atoms with Crippen LogP contribution in [0.4, 0.5) is 25.7 Å². The molecule has 0 saturated carbocycles. The molecule has 2 atom stereocenters. The van der Waals surface area contributed by atoms with Crippen LogP contribution in [0.3, 0.4) is 0 Å². The van der Waals surface area contributed by atoms with Gasteiger partial charge in [-0.15, -0.1) is 0 Å². The Labute approximate surface area is 297 Å². The number of rotatable bonds is 9. The third-order valence-corrected chi connectivity index (χ3v) is 9.08. The van der Waals surface area contributed by atoms with E-state index in [-0.39, 0.29) is 29.9 Å².